The number of rotatable bonds is 2. The van der Waals surface area contributed by atoms with Gasteiger partial charge in [0.05, 0.1) is 0 Å². The smallest absolute Gasteiger partial charge is 0.235 e. The van der Waals surface area contributed by atoms with Crippen LogP contribution in [-0.2, 0) is 4.79 Å². The molecule has 0 radical (unpaired) electrons. The summed E-state index contributed by atoms with van der Waals surface area (Å²) in [5, 5.41) is 1.88. The number of hydrogen-bond donors (Lipinski definition) is 2. The second-order valence-electron chi connectivity index (χ2n) is 2.56. The molecule has 1 heterocycles. The number of hydrazine groups is 1. The summed E-state index contributed by atoms with van der Waals surface area (Å²) in [6.45, 7) is 3.36. The number of carbonyl (C=O) groups is 1. The van der Waals surface area contributed by atoms with Gasteiger partial charge in [0.25, 0.3) is 0 Å². The molecule has 0 aromatic carbocycles. The van der Waals surface area contributed by atoms with E-state index in [2.05, 4.69) is 5.43 Å². The van der Waals surface area contributed by atoms with Gasteiger partial charge in [0, 0.05) is 25.6 Å². The van der Waals surface area contributed by atoms with Crippen molar-refractivity contribution >= 4 is 5.91 Å². The van der Waals surface area contributed by atoms with Crippen LogP contribution in [-0.4, -0.2) is 30.0 Å². The van der Waals surface area contributed by atoms with Crippen molar-refractivity contribution in [2.24, 2.45) is 5.73 Å². The lowest BCUT2D eigenvalue weighted by Crippen LogP contribution is -2.43. The van der Waals surface area contributed by atoms with Crippen LogP contribution in [0.5, 0.6) is 0 Å². The van der Waals surface area contributed by atoms with E-state index in [4.69, 9.17) is 5.73 Å². The minimum atomic E-state index is 0.0975. The summed E-state index contributed by atoms with van der Waals surface area (Å²) < 4.78 is 0. The maximum atomic E-state index is 10.7. The molecule has 1 atom stereocenters. The number of nitrogens with two attached hydrogens (primary N) is 1. The molecule has 0 aromatic rings. The third-order valence-corrected chi connectivity index (χ3v) is 1.72. The highest BCUT2D eigenvalue weighted by molar-refractivity contribution is 5.77. The van der Waals surface area contributed by atoms with Gasteiger partial charge in [-0.25, -0.2) is 5.01 Å². The maximum Gasteiger partial charge on any atom is 0.235 e. The molecule has 0 aliphatic carbocycles. The van der Waals surface area contributed by atoms with Crippen molar-refractivity contribution in [2.45, 2.75) is 19.4 Å². The Balaban J connectivity index is 2.36. The molecule has 1 aliphatic rings. The first-order valence-electron chi connectivity index (χ1n) is 3.50. The van der Waals surface area contributed by atoms with Gasteiger partial charge in [0.2, 0.25) is 5.91 Å². The van der Waals surface area contributed by atoms with Crippen LogP contribution in [0.1, 0.15) is 13.3 Å². The molecule has 1 amide bonds. The van der Waals surface area contributed by atoms with Gasteiger partial charge in [-0.2, -0.15) is 0 Å². The largest absolute Gasteiger partial charge is 0.329 e. The highest BCUT2D eigenvalue weighted by atomic mass is 16.2. The van der Waals surface area contributed by atoms with Gasteiger partial charge in [0.1, 0.15) is 0 Å². The van der Waals surface area contributed by atoms with Crippen LogP contribution in [0.2, 0.25) is 0 Å². The summed E-state index contributed by atoms with van der Waals surface area (Å²) in [4.78, 5) is 10.7. The normalized spacial score (nSPS) is 22.8. The molecule has 4 nitrogen and oxygen atoms in total. The zero-order valence-electron chi connectivity index (χ0n) is 6.13. The number of nitrogens with one attached hydrogen (secondary N) is 1. The van der Waals surface area contributed by atoms with E-state index >= 15 is 0 Å². The molecule has 1 unspecified atom stereocenters. The summed E-state index contributed by atoms with van der Waals surface area (Å²) in [5.74, 6) is 0.0975. The Morgan fingerprint density at radius 3 is 3.00 bits per heavy atom. The SMILES string of the molecule is CC(CN)N1CCC(=O)N1. The lowest BCUT2D eigenvalue weighted by molar-refractivity contribution is -0.121. The lowest BCUT2D eigenvalue weighted by atomic mass is 10.3. The first-order valence-corrected chi connectivity index (χ1v) is 3.50. The molecular formula is C6H13N3O. The fourth-order valence-electron chi connectivity index (χ4n) is 0.952. The Labute approximate surface area is 60.3 Å². The van der Waals surface area contributed by atoms with Crippen LogP contribution in [0.4, 0.5) is 0 Å². The molecule has 1 rings (SSSR count). The molecule has 0 aromatic heterocycles. The average molecular weight is 143 g/mol. The standard InChI is InChI=1S/C6H13N3O/c1-5(4-7)9-3-2-6(10)8-9/h5H,2-4,7H2,1H3,(H,8,10). The van der Waals surface area contributed by atoms with E-state index in [1.54, 1.807) is 0 Å². The van der Waals surface area contributed by atoms with Crippen LogP contribution in [0.25, 0.3) is 0 Å². The first-order chi connectivity index (χ1) is 4.74. The van der Waals surface area contributed by atoms with E-state index in [9.17, 15) is 4.79 Å². The second kappa shape index (κ2) is 2.98. The Morgan fingerprint density at radius 2 is 2.60 bits per heavy atom. The Morgan fingerprint density at radius 1 is 1.90 bits per heavy atom. The molecule has 0 bridgehead atoms. The van der Waals surface area contributed by atoms with Gasteiger partial charge in [-0.1, -0.05) is 0 Å². The molecule has 0 saturated carbocycles. The van der Waals surface area contributed by atoms with E-state index < -0.39 is 0 Å². The summed E-state index contributed by atoms with van der Waals surface area (Å²) in [6, 6.07) is 0.256. The Hall–Kier alpha value is -0.610. The van der Waals surface area contributed by atoms with E-state index in [1.807, 2.05) is 11.9 Å². The Kier molecular flexibility index (Phi) is 2.24. The third kappa shape index (κ3) is 1.46. The predicted molar refractivity (Wildman–Crippen MR) is 38.0 cm³/mol. The minimum Gasteiger partial charge on any atom is -0.329 e. The van der Waals surface area contributed by atoms with Crippen molar-refractivity contribution in [3.63, 3.8) is 0 Å². The van der Waals surface area contributed by atoms with Crippen molar-refractivity contribution in [3.8, 4) is 0 Å². The number of hydrogen-bond acceptors (Lipinski definition) is 3. The fourth-order valence-corrected chi connectivity index (χ4v) is 0.952. The summed E-state index contributed by atoms with van der Waals surface area (Å²) in [7, 11) is 0. The molecule has 58 valence electrons. The fraction of sp³-hybridized carbons (Fsp3) is 0.833. The van der Waals surface area contributed by atoms with E-state index in [1.165, 1.54) is 0 Å². The Bertz CT molecular complexity index is 137. The van der Waals surface area contributed by atoms with Crippen molar-refractivity contribution in [1.29, 1.82) is 0 Å². The van der Waals surface area contributed by atoms with Crippen molar-refractivity contribution in [2.75, 3.05) is 13.1 Å². The summed E-state index contributed by atoms with van der Waals surface area (Å²) in [5.41, 5.74) is 8.12. The van der Waals surface area contributed by atoms with Gasteiger partial charge in [-0.05, 0) is 6.92 Å². The van der Waals surface area contributed by atoms with E-state index in [0.717, 1.165) is 6.54 Å². The molecule has 10 heavy (non-hydrogen) atoms. The minimum absolute atomic E-state index is 0.0975. The maximum absolute atomic E-state index is 10.7. The molecule has 1 saturated heterocycles. The van der Waals surface area contributed by atoms with Gasteiger partial charge < -0.3 is 5.73 Å². The average Bonchev–Trinajstić information content (AvgIpc) is 2.34. The van der Waals surface area contributed by atoms with Crippen LogP contribution in [0.3, 0.4) is 0 Å². The molecule has 3 N–H and O–H groups in total. The number of amides is 1. The summed E-state index contributed by atoms with van der Waals surface area (Å²) >= 11 is 0. The zero-order chi connectivity index (χ0) is 7.56. The molecule has 0 spiro atoms. The van der Waals surface area contributed by atoms with Crippen LogP contribution >= 0.6 is 0 Å². The van der Waals surface area contributed by atoms with Crippen molar-refractivity contribution in [3.05, 3.63) is 0 Å². The van der Waals surface area contributed by atoms with Crippen molar-refractivity contribution in [1.82, 2.24) is 10.4 Å². The van der Waals surface area contributed by atoms with Crippen molar-refractivity contribution < 1.29 is 4.79 Å². The topological polar surface area (TPSA) is 58.4 Å². The van der Waals surface area contributed by atoms with Gasteiger partial charge in [0.15, 0.2) is 0 Å². The molecule has 1 aliphatic heterocycles. The quantitative estimate of drug-likeness (QED) is 0.525. The van der Waals surface area contributed by atoms with Gasteiger partial charge >= 0.3 is 0 Å². The summed E-state index contributed by atoms with van der Waals surface area (Å²) in [6.07, 6.45) is 0.602. The number of nitrogens with zero attached hydrogens (tertiary/aromatic N) is 1. The highest BCUT2D eigenvalue weighted by Crippen LogP contribution is 2.01. The second-order valence-corrected chi connectivity index (χ2v) is 2.56. The zero-order valence-corrected chi connectivity index (χ0v) is 6.13. The number of carbonyl (C=O) groups excluding carboxylic acids is 1. The molecule has 1 fully saturated rings. The van der Waals surface area contributed by atoms with Crippen LogP contribution in [0.15, 0.2) is 0 Å². The van der Waals surface area contributed by atoms with Crippen LogP contribution < -0.4 is 11.2 Å². The van der Waals surface area contributed by atoms with E-state index in [-0.39, 0.29) is 11.9 Å². The predicted octanol–water partition coefficient (Wildman–Crippen LogP) is -0.929. The monoisotopic (exact) mass is 143 g/mol. The lowest BCUT2D eigenvalue weighted by Gasteiger charge is -2.21. The van der Waals surface area contributed by atoms with Gasteiger partial charge in [-0.3, -0.25) is 10.2 Å². The van der Waals surface area contributed by atoms with Crippen LogP contribution in [0, 0.1) is 0 Å². The molecular weight excluding hydrogens is 130 g/mol. The third-order valence-electron chi connectivity index (χ3n) is 1.72. The van der Waals surface area contributed by atoms with E-state index in [0.29, 0.717) is 13.0 Å². The first kappa shape index (κ1) is 7.50. The highest BCUT2D eigenvalue weighted by Gasteiger charge is 2.21. The molecule has 4 heteroatoms. The van der Waals surface area contributed by atoms with Gasteiger partial charge in [-0.15, -0.1) is 0 Å².